The van der Waals surface area contributed by atoms with Crippen molar-refractivity contribution in [3.8, 4) is 0 Å². The second kappa shape index (κ2) is 9.02. The van der Waals surface area contributed by atoms with E-state index in [1.165, 1.54) is 11.1 Å². The van der Waals surface area contributed by atoms with Gasteiger partial charge in [0.1, 0.15) is 6.54 Å². The van der Waals surface area contributed by atoms with Gasteiger partial charge in [0.25, 0.3) is 0 Å². The Morgan fingerprint density at radius 2 is 1.92 bits per heavy atom. The molecular formula is C22H26ClN2O+. The molecule has 0 atom stereocenters. The average Bonchev–Trinajstić information content (AvgIpc) is 2.64. The van der Waals surface area contributed by atoms with Crippen LogP contribution in [-0.2, 0) is 11.3 Å². The van der Waals surface area contributed by atoms with Crippen molar-refractivity contribution in [2.75, 3.05) is 13.1 Å². The lowest BCUT2D eigenvalue weighted by molar-refractivity contribution is -0.918. The Balaban J connectivity index is 1.43. The van der Waals surface area contributed by atoms with Crippen LogP contribution in [0.4, 0.5) is 0 Å². The molecule has 0 aliphatic carbocycles. The summed E-state index contributed by atoms with van der Waals surface area (Å²) in [5.41, 5.74) is 3.57. The van der Waals surface area contributed by atoms with Gasteiger partial charge < -0.3 is 10.2 Å². The quantitative estimate of drug-likeness (QED) is 0.780. The van der Waals surface area contributed by atoms with E-state index in [0.717, 1.165) is 43.1 Å². The van der Waals surface area contributed by atoms with Gasteiger partial charge in [0.05, 0.1) is 13.1 Å². The highest BCUT2D eigenvalue weighted by Crippen LogP contribution is 2.09. The van der Waals surface area contributed by atoms with Crippen molar-refractivity contribution in [2.24, 2.45) is 0 Å². The van der Waals surface area contributed by atoms with Crippen molar-refractivity contribution in [1.29, 1.82) is 0 Å². The van der Waals surface area contributed by atoms with Crippen LogP contribution in [0.2, 0.25) is 5.02 Å². The highest BCUT2D eigenvalue weighted by atomic mass is 35.5. The third kappa shape index (κ3) is 5.72. The van der Waals surface area contributed by atoms with Crippen molar-refractivity contribution >= 4 is 23.6 Å². The number of benzene rings is 2. The number of likely N-dealkylation sites (tertiary alicyclic amines) is 1. The molecule has 1 saturated heterocycles. The van der Waals surface area contributed by atoms with Crippen LogP contribution in [0, 0.1) is 6.92 Å². The number of hydrogen-bond donors (Lipinski definition) is 2. The van der Waals surface area contributed by atoms with Crippen LogP contribution in [0.1, 0.15) is 29.5 Å². The topological polar surface area (TPSA) is 33.5 Å². The highest BCUT2D eigenvalue weighted by molar-refractivity contribution is 6.30. The molecule has 1 aliphatic rings. The lowest BCUT2D eigenvalue weighted by Gasteiger charge is -2.29. The first kappa shape index (κ1) is 18.7. The van der Waals surface area contributed by atoms with Crippen LogP contribution in [-0.4, -0.2) is 25.0 Å². The number of carbonyl (C=O) groups is 1. The molecular weight excluding hydrogens is 344 g/mol. The Morgan fingerprint density at radius 1 is 1.19 bits per heavy atom. The molecule has 0 bridgehead atoms. The summed E-state index contributed by atoms with van der Waals surface area (Å²) in [4.78, 5) is 13.7. The average molecular weight is 370 g/mol. The molecule has 136 valence electrons. The Bertz CT molecular complexity index is 762. The first-order valence-corrected chi connectivity index (χ1v) is 9.59. The van der Waals surface area contributed by atoms with Crippen molar-refractivity contribution < 1.29 is 9.69 Å². The zero-order valence-corrected chi connectivity index (χ0v) is 15.9. The Kier molecular flexibility index (Phi) is 6.48. The first-order valence-electron chi connectivity index (χ1n) is 9.22. The molecule has 3 nitrogen and oxygen atoms in total. The van der Waals surface area contributed by atoms with Crippen LogP contribution in [0.15, 0.2) is 54.6 Å². The van der Waals surface area contributed by atoms with E-state index in [1.54, 1.807) is 11.0 Å². The molecule has 2 N–H and O–H groups in total. The fourth-order valence-electron chi connectivity index (χ4n) is 3.43. The number of nitrogens with one attached hydrogen (secondary N) is 2. The summed E-state index contributed by atoms with van der Waals surface area (Å²) in [5, 5.41) is 3.92. The van der Waals surface area contributed by atoms with E-state index in [4.69, 9.17) is 11.6 Å². The molecule has 2 aromatic rings. The van der Waals surface area contributed by atoms with E-state index in [1.807, 2.05) is 30.3 Å². The van der Waals surface area contributed by atoms with Gasteiger partial charge in [0, 0.05) is 35.5 Å². The smallest absolute Gasteiger partial charge is 0.244 e. The summed E-state index contributed by atoms with van der Waals surface area (Å²) in [6, 6.07) is 16.5. The van der Waals surface area contributed by atoms with Gasteiger partial charge in [-0.25, -0.2) is 0 Å². The largest absolute Gasteiger partial charge is 0.349 e. The van der Waals surface area contributed by atoms with Gasteiger partial charge in [-0.15, -0.1) is 0 Å². The van der Waals surface area contributed by atoms with E-state index >= 15 is 0 Å². The fraction of sp³-hybridized carbons (Fsp3) is 0.318. The maximum absolute atomic E-state index is 12.2. The monoisotopic (exact) mass is 369 g/mol. The molecule has 0 radical (unpaired) electrons. The normalized spacial score (nSPS) is 20.2. The number of hydrogen-bond acceptors (Lipinski definition) is 1. The number of rotatable bonds is 5. The molecule has 0 saturated carbocycles. The Labute approximate surface area is 160 Å². The standard InChI is InChI=1S/C22H25ClN2O/c1-17-3-2-4-18(15-17)7-10-22(26)24-21-11-13-25(14-12-21)16-19-5-8-20(23)9-6-19/h2-10,15,21H,11-14,16H2,1H3,(H,24,26)/p+1/b10-7+. The van der Waals surface area contributed by atoms with Gasteiger partial charge >= 0.3 is 0 Å². The summed E-state index contributed by atoms with van der Waals surface area (Å²) in [5.74, 6) is -0.00217. The number of piperidine rings is 1. The molecule has 1 heterocycles. The fourth-order valence-corrected chi connectivity index (χ4v) is 3.56. The summed E-state index contributed by atoms with van der Waals surface area (Å²) >= 11 is 5.94. The number of amides is 1. The first-order chi connectivity index (χ1) is 12.6. The lowest BCUT2D eigenvalue weighted by Crippen LogP contribution is -3.12. The molecule has 1 aliphatic heterocycles. The summed E-state index contributed by atoms with van der Waals surface area (Å²) in [7, 11) is 0. The molecule has 1 amide bonds. The summed E-state index contributed by atoms with van der Waals surface area (Å²) < 4.78 is 0. The molecule has 2 aromatic carbocycles. The van der Waals surface area contributed by atoms with Crippen LogP contribution in [0.5, 0.6) is 0 Å². The third-order valence-corrected chi connectivity index (χ3v) is 5.13. The minimum Gasteiger partial charge on any atom is -0.349 e. The number of halogens is 1. The van der Waals surface area contributed by atoms with E-state index in [9.17, 15) is 4.79 Å². The van der Waals surface area contributed by atoms with Crippen molar-refractivity contribution in [1.82, 2.24) is 5.32 Å². The van der Waals surface area contributed by atoms with Gasteiger partial charge in [0.15, 0.2) is 0 Å². The SMILES string of the molecule is Cc1cccc(/C=C/C(=O)NC2CC[NH+](Cc3ccc(Cl)cc3)CC2)c1. The van der Waals surface area contributed by atoms with E-state index in [-0.39, 0.29) is 11.9 Å². The minimum absolute atomic E-state index is 0.00217. The molecule has 1 fully saturated rings. The number of aryl methyl sites for hydroxylation is 1. The molecule has 0 unspecified atom stereocenters. The Morgan fingerprint density at radius 3 is 2.62 bits per heavy atom. The molecule has 0 aromatic heterocycles. The summed E-state index contributed by atoms with van der Waals surface area (Å²) in [6.45, 7) is 5.23. The van der Waals surface area contributed by atoms with Crippen molar-refractivity contribution in [3.05, 3.63) is 76.3 Å². The second-order valence-corrected chi connectivity index (χ2v) is 7.52. The number of carbonyl (C=O) groups excluding carboxylic acids is 1. The van der Waals surface area contributed by atoms with Gasteiger partial charge in [0.2, 0.25) is 5.91 Å². The van der Waals surface area contributed by atoms with Gasteiger partial charge in [-0.3, -0.25) is 4.79 Å². The zero-order valence-electron chi connectivity index (χ0n) is 15.2. The third-order valence-electron chi connectivity index (χ3n) is 4.88. The maximum Gasteiger partial charge on any atom is 0.244 e. The zero-order chi connectivity index (χ0) is 18.4. The summed E-state index contributed by atoms with van der Waals surface area (Å²) in [6.07, 6.45) is 5.56. The molecule has 3 rings (SSSR count). The van der Waals surface area contributed by atoms with Crippen LogP contribution >= 0.6 is 11.6 Å². The second-order valence-electron chi connectivity index (χ2n) is 7.08. The number of quaternary nitrogens is 1. The van der Waals surface area contributed by atoms with Crippen LogP contribution < -0.4 is 10.2 Å². The van der Waals surface area contributed by atoms with Crippen molar-refractivity contribution in [2.45, 2.75) is 32.4 Å². The molecule has 26 heavy (non-hydrogen) atoms. The molecule has 4 heteroatoms. The van der Waals surface area contributed by atoms with Gasteiger partial charge in [-0.05, 0) is 30.7 Å². The van der Waals surface area contributed by atoms with E-state index in [2.05, 4.69) is 36.5 Å². The van der Waals surface area contributed by atoms with E-state index < -0.39 is 0 Å². The predicted molar refractivity (Wildman–Crippen MR) is 107 cm³/mol. The molecule has 0 spiro atoms. The van der Waals surface area contributed by atoms with Gasteiger partial charge in [-0.1, -0.05) is 53.6 Å². The Hall–Kier alpha value is -2.10. The van der Waals surface area contributed by atoms with Crippen molar-refractivity contribution in [3.63, 3.8) is 0 Å². The van der Waals surface area contributed by atoms with Gasteiger partial charge in [-0.2, -0.15) is 0 Å². The highest BCUT2D eigenvalue weighted by Gasteiger charge is 2.22. The predicted octanol–water partition coefficient (Wildman–Crippen LogP) is 3.03. The minimum atomic E-state index is -0.00217. The lowest BCUT2D eigenvalue weighted by atomic mass is 10.0. The van der Waals surface area contributed by atoms with Crippen LogP contribution in [0.3, 0.4) is 0 Å². The van der Waals surface area contributed by atoms with Crippen LogP contribution in [0.25, 0.3) is 6.08 Å². The maximum atomic E-state index is 12.2. The van der Waals surface area contributed by atoms with E-state index in [0.29, 0.717) is 0 Å².